The number of unbranched alkanes of at least 4 members (excludes halogenated alkanes) is 1. The highest BCUT2D eigenvalue weighted by molar-refractivity contribution is 7.89. The average Bonchev–Trinajstić information content (AvgIpc) is 3.00. The lowest BCUT2D eigenvalue weighted by molar-refractivity contribution is 0.00467. The van der Waals surface area contributed by atoms with E-state index in [9.17, 15) is 17.2 Å². The zero-order chi connectivity index (χ0) is 20.2. The van der Waals surface area contributed by atoms with Gasteiger partial charge < -0.3 is 4.74 Å². The second kappa shape index (κ2) is 9.00. The highest BCUT2D eigenvalue weighted by Gasteiger charge is 2.48. The van der Waals surface area contributed by atoms with E-state index in [1.165, 1.54) is 4.31 Å². The Hall–Kier alpha value is -1.32. The third kappa shape index (κ3) is 5.39. The van der Waals surface area contributed by atoms with Crippen LogP contribution in [-0.2, 0) is 10.0 Å². The largest absolute Gasteiger partial charge is 0.490 e. The van der Waals surface area contributed by atoms with E-state index in [2.05, 4.69) is 4.98 Å². The predicted molar refractivity (Wildman–Crippen MR) is 103 cm³/mol. The van der Waals surface area contributed by atoms with Gasteiger partial charge in [0.1, 0.15) is 12.4 Å². The number of piperidine rings is 1. The summed E-state index contributed by atoms with van der Waals surface area (Å²) in [6.45, 7) is 2.64. The summed E-state index contributed by atoms with van der Waals surface area (Å²) in [5.74, 6) is -2.01. The fourth-order valence-electron chi connectivity index (χ4n) is 4.04. The summed E-state index contributed by atoms with van der Waals surface area (Å²) in [6.07, 6.45) is 5.59. The van der Waals surface area contributed by atoms with Gasteiger partial charge in [-0.1, -0.05) is 13.3 Å². The van der Waals surface area contributed by atoms with Crippen LogP contribution in [0.15, 0.2) is 24.5 Å². The van der Waals surface area contributed by atoms with Crippen molar-refractivity contribution in [1.82, 2.24) is 14.2 Å². The molecule has 3 rings (SSSR count). The Bertz CT molecular complexity index is 725. The van der Waals surface area contributed by atoms with Crippen molar-refractivity contribution in [3.05, 3.63) is 24.5 Å². The molecule has 0 amide bonds. The van der Waals surface area contributed by atoms with Gasteiger partial charge in [-0.25, -0.2) is 21.5 Å². The molecule has 158 valence electrons. The van der Waals surface area contributed by atoms with Gasteiger partial charge >= 0.3 is 0 Å². The summed E-state index contributed by atoms with van der Waals surface area (Å²) in [5.41, 5.74) is 0. The van der Waals surface area contributed by atoms with Crippen LogP contribution >= 0.6 is 0 Å². The lowest BCUT2D eigenvalue weighted by atomic mass is 10.0. The van der Waals surface area contributed by atoms with E-state index >= 15 is 0 Å². The number of nitrogens with zero attached hydrogens (tertiary/aromatic N) is 3. The van der Waals surface area contributed by atoms with Crippen LogP contribution in [0.5, 0.6) is 5.75 Å². The summed E-state index contributed by atoms with van der Waals surface area (Å²) in [4.78, 5) is 5.80. The summed E-state index contributed by atoms with van der Waals surface area (Å²) in [5, 5.41) is 0. The fraction of sp³-hybridized carbons (Fsp3) is 0.737. The maximum absolute atomic E-state index is 14.1. The van der Waals surface area contributed by atoms with Crippen molar-refractivity contribution in [2.24, 2.45) is 0 Å². The van der Waals surface area contributed by atoms with Crippen LogP contribution in [0, 0.1) is 0 Å². The molecule has 2 aliphatic heterocycles. The van der Waals surface area contributed by atoms with Crippen LogP contribution in [0.4, 0.5) is 8.78 Å². The third-order valence-corrected chi connectivity index (χ3v) is 7.49. The van der Waals surface area contributed by atoms with Crippen molar-refractivity contribution >= 4 is 10.0 Å². The number of pyridine rings is 1. The quantitative estimate of drug-likeness (QED) is 0.651. The normalized spacial score (nSPS) is 24.5. The molecule has 9 heteroatoms. The Morgan fingerprint density at radius 2 is 2.07 bits per heavy atom. The summed E-state index contributed by atoms with van der Waals surface area (Å²) in [6, 6.07) is 3.06. The van der Waals surface area contributed by atoms with Crippen molar-refractivity contribution in [3.63, 3.8) is 0 Å². The molecule has 28 heavy (non-hydrogen) atoms. The molecule has 0 aliphatic carbocycles. The van der Waals surface area contributed by atoms with Gasteiger partial charge in [0.15, 0.2) is 0 Å². The number of rotatable bonds is 8. The third-order valence-electron chi connectivity index (χ3n) is 5.54. The molecule has 2 saturated heterocycles. The molecule has 0 unspecified atom stereocenters. The molecule has 2 fully saturated rings. The van der Waals surface area contributed by atoms with Crippen LogP contribution in [0.2, 0.25) is 0 Å². The summed E-state index contributed by atoms with van der Waals surface area (Å²) >= 11 is 0. The van der Waals surface area contributed by atoms with E-state index in [0.717, 1.165) is 6.42 Å². The minimum atomic E-state index is -3.24. The monoisotopic (exact) mass is 417 g/mol. The lowest BCUT2D eigenvalue weighted by Gasteiger charge is -2.38. The van der Waals surface area contributed by atoms with Gasteiger partial charge in [0.2, 0.25) is 10.0 Å². The van der Waals surface area contributed by atoms with Gasteiger partial charge in [-0.3, -0.25) is 9.88 Å². The van der Waals surface area contributed by atoms with Crippen molar-refractivity contribution in [2.75, 3.05) is 32.0 Å². The van der Waals surface area contributed by atoms with Crippen molar-refractivity contribution < 1.29 is 21.9 Å². The Morgan fingerprint density at radius 3 is 2.71 bits per heavy atom. The number of sulfonamides is 1. The van der Waals surface area contributed by atoms with Crippen LogP contribution < -0.4 is 4.74 Å². The molecular formula is C19H29F2N3O3S. The Labute approximate surface area is 165 Å². The fourth-order valence-corrected chi connectivity index (χ4v) is 5.72. The second-order valence-corrected chi connectivity index (χ2v) is 9.77. The minimum absolute atomic E-state index is 0.0477. The van der Waals surface area contributed by atoms with Gasteiger partial charge in [-0.05, 0) is 31.4 Å². The number of halogens is 2. The van der Waals surface area contributed by atoms with Crippen LogP contribution in [-0.4, -0.2) is 72.6 Å². The van der Waals surface area contributed by atoms with Crippen molar-refractivity contribution in [2.45, 2.75) is 57.0 Å². The molecule has 1 atom stereocenters. The van der Waals surface area contributed by atoms with Crippen LogP contribution in [0.1, 0.15) is 39.0 Å². The zero-order valence-corrected chi connectivity index (χ0v) is 17.1. The number of ether oxygens (including phenoxy) is 1. The van der Waals surface area contributed by atoms with E-state index in [4.69, 9.17) is 4.74 Å². The first-order chi connectivity index (χ1) is 13.3. The molecule has 1 aromatic heterocycles. The standard InChI is InChI=1S/C19H29F2N3O3S/c1-2-3-11-28(25,26)23-9-6-16(7-10-23)24-15-19(20,21)12-17(24)14-27-18-5-4-8-22-13-18/h4-5,8,13,16-17H,2-3,6-7,9-12,14-15H2,1H3/t17-/m0/s1. The molecule has 1 aromatic rings. The number of hydrogen-bond donors (Lipinski definition) is 0. The highest BCUT2D eigenvalue weighted by atomic mass is 32.2. The van der Waals surface area contributed by atoms with E-state index in [-0.39, 0.29) is 37.4 Å². The van der Waals surface area contributed by atoms with Crippen molar-refractivity contribution in [1.29, 1.82) is 0 Å². The smallest absolute Gasteiger partial charge is 0.262 e. The molecule has 6 nitrogen and oxygen atoms in total. The number of hydrogen-bond acceptors (Lipinski definition) is 5. The molecular weight excluding hydrogens is 388 g/mol. The zero-order valence-electron chi connectivity index (χ0n) is 16.3. The van der Waals surface area contributed by atoms with E-state index in [1.807, 2.05) is 11.8 Å². The van der Waals surface area contributed by atoms with E-state index in [1.54, 1.807) is 24.5 Å². The molecule has 0 bridgehead atoms. The lowest BCUT2D eigenvalue weighted by Crippen LogP contribution is -2.50. The summed E-state index contributed by atoms with van der Waals surface area (Å²) < 4.78 is 60.2. The van der Waals surface area contributed by atoms with Gasteiger partial charge in [0.05, 0.1) is 24.5 Å². The SMILES string of the molecule is CCCCS(=O)(=O)N1CCC(N2CC(F)(F)C[C@H]2COc2cccnc2)CC1. The van der Waals surface area contributed by atoms with E-state index < -0.39 is 15.9 Å². The van der Waals surface area contributed by atoms with Crippen LogP contribution in [0.25, 0.3) is 0 Å². The Balaban J connectivity index is 1.58. The Morgan fingerprint density at radius 1 is 1.32 bits per heavy atom. The summed E-state index contributed by atoms with van der Waals surface area (Å²) in [7, 11) is -3.24. The van der Waals surface area contributed by atoms with Gasteiger partial charge in [-0.2, -0.15) is 0 Å². The minimum Gasteiger partial charge on any atom is -0.490 e. The molecule has 0 radical (unpaired) electrons. The maximum atomic E-state index is 14.1. The second-order valence-electron chi connectivity index (χ2n) is 7.69. The first-order valence-electron chi connectivity index (χ1n) is 9.95. The maximum Gasteiger partial charge on any atom is 0.262 e. The van der Waals surface area contributed by atoms with E-state index in [0.29, 0.717) is 38.1 Å². The van der Waals surface area contributed by atoms with Gasteiger partial charge in [-0.15, -0.1) is 0 Å². The molecule has 0 N–H and O–H groups in total. The topological polar surface area (TPSA) is 62.7 Å². The molecule has 0 spiro atoms. The van der Waals surface area contributed by atoms with Gasteiger partial charge in [0, 0.05) is 31.7 Å². The Kier molecular flexibility index (Phi) is 6.88. The van der Waals surface area contributed by atoms with Crippen LogP contribution in [0.3, 0.4) is 0 Å². The molecule has 2 aliphatic rings. The molecule has 3 heterocycles. The van der Waals surface area contributed by atoms with Crippen molar-refractivity contribution in [3.8, 4) is 5.75 Å². The highest BCUT2D eigenvalue weighted by Crippen LogP contribution is 2.36. The van der Waals surface area contributed by atoms with Gasteiger partial charge in [0.25, 0.3) is 5.92 Å². The first kappa shape index (κ1) is 21.4. The first-order valence-corrected chi connectivity index (χ1v) is 11.6. The predicted octanol–water partition coefficient (Wildman–Crippen LogP) is 2.76. The molecule has 0 saturated carbocycles. The number of likely N-dealkylation sites (tertiary alicyclic amines) is 1. The number of alkyl halides is 2. The molecule has 0 aromatic carbocycles. The number of aromatic nitrogens is 1. The average molecular weight is 418 g/mol.